The number of rotatable bonds is 4. The van der Waals surface area contributed by atoms with Crippen LogP contribution < -0.4 is 0 Å². The van der Waals surface area contributed by atoms with E-state index in [-0.39, 0.29) is 0 Å². The van der Waals surface area contributed by atoms with Gasteiger partial charge in [-0.1, -0.05) is 5.16 Å². The number of hydrogen-bond acceptors (Lipinski definition) is 7. The zero-order valence-corrected chi connectivity index (χ0v) is 15.3. The second-order valence-electron chi connectivity index (χ2n) is 6.56. The second-order valence-corrected chi connectivity index (χ2v) is 7.94. The van der Waals surface area contributed by atoms with Crippen molar-refractivity contribution in [3.8, 4) is 11.6 Å². The van der Waals surface area contributed by atoms with Gasteiger partial charge in [-0.2, -0.15) is 4.98 Å². The molecule has 7 heteroatoms. The van der Waals surface area contributed by atoms with Crippen LogP contribution in [0, 0.1) is 13.8 Å². The van der Waals surface area contributed by atoms with Crippen molar-refractivity contribution in [3.63, 3.8) is 0 Å². The SMILES string of the molecule is Cc1cnc(-c2nc(C3CCN(Cc4ccc(C)s4)CC3)no2)cn1. The first-order valence-corrected chi connectivity index (χ1v) is 9.39. The van der Waals surface area contributed by atoms with E-state index in [4.69, 9.17) is 4.52 Å². The van der Waals surface area contributed by atoms with Gasteiger partial charge in [-0.15, -0.1) is 11.3 Å². The van der Waals surface area contributed by atoms with Crippen molar-refractivity contribution in [2.75, 3.05) is 13.1 Å². The van der Waals surface area contributed by atoms with Gasteiger partial charge in [0, 0.05) is 28.4 Å². The summed E-state index contributed by atoms with van der Waals surface area (Å²) >= 11 is 1.89. The highest BCUT2D eigenvalue weighted by molar-refractivity contribution is 7.11. The fourth-order valence-electron chi connectivity index (χ4n) is 3.15. The maximum absolute atomic E-state index is 5.39. The molecule has 1 fully saturated rings. The fourth-order valence-corrected chi connectivity index (χ4v) is 4.08. The molecule has 3 aromatic heterocycles. The first-order valence-electron chi connectivity index (χ1n) is 8.57. The summed E-state index contributed by atoms with van der Waals surface area (Å²) in [5.41, 5.74) is 1.51. The highest BCUT2D eigenvalue weighted by atomic mass is 32.1. The maximum Gasteiger partial charge on any atom is 0.278 e. The topological polar surface area (TPSA) is 67.9 Å². The van der Waals surface area contributed by atoms with Crippen LogP contribution in [0.3, 0.4) is 0 Å². The Hall–Kier alpha value is -2.12. The van der Waals surface area contributed by atoms with Crippen molar-refractivity contribution >= 4 is 11.3 Å². The van der Waals surface area contributed by atoms with Gasteiger partial charge in [-0.3, -0.25) is 9.88 Å². The Labute approximate surface area is 150 Å². The molecule has 0 aliphatic carbocycles. The number of thiophene rings is 1. The summed E-state index contributed by atoms with van der Waals surface area (Å²) in [4.78, 5) is 18.4. The number of piperidine rings is 1. The van der Waals surface area contributed by atoms with Crippen molar-refractivity contribution in [3.05, 3.63) is 45.8 Å². The molecule has 0 atom stereocenters. The highest BCUT2D eigenvalue weighted by Gasteiger charge is 2.25. The second kappa shape index (κ2) is 7.01. The summed E-state index contributed by atoms with van der Waals surface area (Å²) in [5, 5.41) is 4.18. The van der Waals surface area contributed by atoms with Gasteiger partial charge in [0.05, 0.1) is 11.9 Å². The van der Waals surface area contributed by atoms with E-state index in [0.29, 0.717) is 17.5 Å². The number of aromatic nitrogens is 4. The molecule has 0 amide bonds. The molecule has 1 aliphatic rings. The first kappa shape index (κ1) is 16.4. The summed E-state index contributed by atoms with van der Waals surface area (Å²) in [5.74, 6) is 1.61. The molecule has 6 nitrogen and oxygen atoms in total. The lowest BCUT2D eigenvalue weighted by Crippen LogP contribution is -2.32. The fraction of sp³-hybridized carbons (Fsp3) is 0.444. The first-order chi connectivity index (χ1) is 12.2. The van der Waals surface area contributed by atoms with Gasteiger partial charge < -0.3 is 4.52 Å². The van der Waals surface area contributed by atoms with Gasteiger partial charge in [0.15, 0.2) is 5.82 Å². The van der Waals surface area contributed by atoms with E-state index in [2.05, 4.69) is 44.1 Å². The van der Waals surface area contributed by atoms with Crippen molar-refractivity contribution < 1.29 is 4.52 Å². The van der Waals surface area contributed by atoms with E-state index in [1.54, 1.807) is 12.4 Å². The molecule has 4 heterocycles. The minimum absolute atomic E-state index is 0.359. The van der Waals surface area contributed by atoms with Crippen LogP contribution in [-0.4, -0.2) is 38.1 Å². The average molecular weight is 355 g/mol. The van der Waals surface area contributed by atoms with E-state index in [1.165, 1.54) is 9.75 Å². The Balaban J connectivity index is 1.37. The minimum atomic E-state index is 0.359. The zero-order chi connectivity index (χ0) is 17.2. The lowest BCUT2D eigenvalue weighted by molar-refractivity contribution is 0.201. The number of hydrogen-bond donors (Lipinski definition) is 0. The molecule has 0 radical (unpaired) electrons. The average Bonchev–Trinajstić information content (AvgIpc) is 3.26. The summed E-state index contributed by atoms with van der Waals surface area (Å²) < 4.78 is 5.39. The monoisotopic (exact) mass is 355 g/mol. The zero-order valence-electron chi connectivity index (χ0n) is 14.5. The largest absolute Gasteiger partial charge is 0.332 e. The maximum atomic E-state index is 5.39. The molecule has 3 aromatic rings. The Morgan fingerprint density at radius 3 is 2.68 bits per heavy atom. The van der Waals surface area contributed by atoms with Gasteiger partial charge in [0.1, 0.15) is 5.69 Å². The lowest BCUT2D eigenvalue weighted by Gasteiger charge is -2.30. The number of aryl methyl sites for hydroxylation is 2. The molecule has 0 aromatic carbocycles. The molecule has 0 unspecified atom stereocenters. The number of nitrogens with zero attached hydrogens (tertiary/aromatic N) is 5. The molecule has 1 saturated heterocycles. The predicted octanol–water partition coefficient (Wildman–Crippen LogP) is 3.58. The van der Waals surface area contributed by atoms with Crippen molar-refractivity contribution in [2.24, 2.45) is 0 Å². The Morgan fingerprint density at radius 2 is 2.00 bits per heavy atom. The Kier molecular flexibility index (Phi) is 4.59. The predicted molar refractivity (Wildman–Crippen MR) is 96.4 cm³/mol. The molecule has 0 N–H and O–H groups in total. The van der Waals surface area contributed by atoms with Crippen LogP contribution in [0.4, 0.5) is 0 Å². The van der Waals surface area contributed by atoms with E-state index in [9.17, 15) is 0 Å². The summed E-state index contributed by atoms with van der Waals surface area (Å²) in [6, 6.07) is 4.43. The van der Waals surface area contributed by atoms with Crippen molar-refractivity contribution in [1.82, 2.24) is 25.0 Å². The Morgan fingerprint density at radius 1 is 1.16 bits per heavy atom. The van der Waals surface area contributed by atoms with Crippen molar-refractivity contribution in [2.45, 2.75) is 39.2 Å². The third kappa shape index (κ3) is 3.77. The molecular formula is C18H21N5OS. The molecule has 25 heavy (non-hydrogen) atoms. The molecule has 0 spiro atoms. The normalized spacial score (nSPS) is 16.4. The van der Waals surface area contributed by atoms with Crippen LogP contribution in [0.5, 0.6) is 0 Å². The van der Waals surface area contributed by atoms with E-state index in [0.717, 1.165) is 44.0 Å². The minimum Gasteiger partial charge on any atom is -0.332 e. The summed E-state index contributed by atoms with van der Waals surface area (Å²) in [6.45, 7) is 7.24. The van der Waals surface area contributed by atoms with Gasteiger partial charge in [-0.25, -0.2) is 4.98 Å². The molecule has 1 aliphatic heterocycles. The molecule has 0 saturated carbocycles. The quantitative estimate of drug-likeness (QED) is 0.712. The standard InChI is InChI=1S/C18H21N5OS/c1-12-9-20-16(10-19-12)18-21-17(22-24-18)14-5-7-23(8-6-14)11-15-4-3-13(2)25-15/h3-4,9-10,14H,5-8,11H2,1-2H3. The smallest absolute Gasteiger partial charge is 0.278 e. The van der Waals surface area contributed by atoms with Crippen LogP contribution in [0.15, 0.2) is 29.0 Å². The van der Waals surface area contributed by atoms with Crippen LogP contribution in [0.1, 0.15) is 40.0 Å². The van der Waals surface area contributed by atoms with Gasteiger partial charge in [-0.05, 0) is 51.9 Å². The third-order valence-corrected chi connectivity index (χ3v) is 5.56. The molecular weight excluding hydrogens is 334 g/mol. The van der Waals surface area contributed by atoms with E-state index >= 15 is 0 Å². The van der Waals surface area contributed by atoms with E-state index in [1.807, 2.05) is 18.3 Å². The lowest BCUT2D eigenvalue weighted by atomic mass is 9.96. The summed E-state index contributed by atoms with van der Waals surface area (Å²) in [7, 11) is 0. The van der Waals surface area contributed by atoms with Crippen molar-refractivity contribution in [1.29, 1.82) is 0 Å². The van der Waals surface area contributed by atoms with E-state index < -0.39 is 0 Å². The van der Waals surface area contributed by atoms with Crippen LogP contribution in [-0.2, 0) is 6.54 Å². The highest BCUT2D eigenvalue weighted by Crippen LogP contribution is 2.29. The third-order valence-electron chi connectivity index (χ3n) is 4.57. The van der Waals surface area contributed by atoms with Crippen LogP contribution in [0.25, 0.3) is 11.6 Å². The van der Waals surface area contributed by atoms with Crippen LogP contribution in [0.2, 0.25) is 0 Å². The van der Waals surface area contributed by atoms with Gasteiger partial charge >= 0.3 is 0 Å². The number of likely N-dealkylation sites (tertiary alicyclic amines) is 1. The summed E-state index contributed by atoms with van der Waals surface area (Å²) in [6.07, 6.45) is 5.51. The molecule has 130 valence electrons. The van der Waals surface area contributed by atoms with Crippen LogP contribution >= 0.6 is 11.3 Å². The molecule has 4 rings (SSSR count). The van der Waals surface area contributed by atoms with Gasteiger partial charge in [0.2, 0.25) is 0 Å². The van der Waals surface area contributed by atoms with Gasteiger partial charge in [0.25, 0.3) is 5.89 Å². The molecule has 0 bridgehead atoms. The Bertz CT molecular complexity index is 833.